The predicted molar refractivity (Wildman–Crippen MR) is 97.2 cm³/mol. The number of ether oxygens (including phenoxy) is 1. The summed E-state index contributed by atoms with van der Waals surface area (Å²) in [6, 6.07) is 10.3. The lowest BCUT2D eigenvalue weighted by Gasteiger charge is -2.18. The first kappa shape index (κ1) is 15.8. The molecule has 4 heterocycles. The van der Waals surface area contributed by atoms with Crippen LogP contribution in [-0.2, 0) is 0 Å². The molecule has 0 saturated heterocycles. The van der Waals surface area contributed by atoms with E-state index in [4.69, 9.17) is 10.5 Å². The van der Waals surface area contributed by atoms with Gasteiger partial charge in [0.15, 0.2) is 11.6 Å². The van der Waals surface area contributed by atoms with Gasteiger partial charge in [0.2, 0.25) is 5.56 Å². The SMILES string of the molecule is C[C@H](Oc1cc2ncccc2nc1N)c1[nH]c(=O)ccc1-n1cccn1. The van der Waals surface area contributed by atoms with Crippen molar-refractivity contribution in [1.29, 1.82) is 0 Å². The average Bonchev–Trinajstić information content (AvgIpc) is 3.16. The van der Waals surface area contributed by atoms with Gasteiger partial charge in [0.25, 0.3) is 0 Å². The molecule has 4 aromatic rings. The number of hydrogen-bond acceptors (Lipinski definition) is 6. The van der Waals surface area contributed by atoms with Crippen molar-refractivity contribution < 1.29 is 4.74 Å². The van der Waals surface area contributed by atoms with Crippen molar-refractivity contribution in [3.05, 3.63) is 71.0 Å². The van der Waals surface area contributed by atoms with Crippen LogP contribution in [0.2, 0.25) is 0 Å². The summed E-state index contributed by atoms with van der Waals surface area (Å²) in [4.78, 5) is 23.2. The Hall–Kier alpha value is -3.68. The van der Waals surface area contributed by atoms with Gasteiger partial charge in [-0.25, -0.2) is 9.67 Å². The molecule has 8 heteroatoms. The zero-order valence-electron chi connectivity index (χ0n) is 14.0. The fourth-order valence-electron chi connectivity index (χ4n) is 2.75. The predicted octanol–water partition coefficient (Wildman–Crippen LogP) is 2.23. The van der Waals surface area contributed by atoms with E-state index in [9.17, 15) is 4.79 Å². The third-order valence-electron chi connectivity index (χ3n) is 3.97. The Kier molecular flexibility index (Phi) is 3.85. The number of aromatic nitrogens is 5. The van der Waals surface area contributed by atoms with Crippen LogP contribution in [0, 0.1) is 0 Å². The molecule has 0 spiro atoms. The van der Waals surface area contributed by atoms with Crippen LogP contribution in [0.4, 0.5) is 5.82 Å². The number of hydrogen-bond donors (Lipinski definition) is 2. The normalized spacial score (nSPS) is 12.2. The Balaban J connectivity index is 1.73. The van der Waals surface area contributed by atoms with E-state index >= 15 is 0 Å². The van der Waals surface area contributed by atoms with Crippen LogP contribution < -0.4 is 16.0 Å². The summed E-state index contributed by atoms with van der Waals surface area (Å²) in [5, 5.41) is 4.22. The van der Waals surface area contributed by atoms with E-state index in [-0.39, 0.29) is 11.4 Å². The maximum atomic E-state index is 11.8. The van der Waals surface area contributed by atoms with E-state index in [1.54, 1.807) is 47.5 Å². The topological polar surface area (TPSA) is 112 Å². The highest BCUT2D eigenvalue weighted by Crippen LogP contribution is 2.29. The first-order valence-electron chi connectivity index (χ1n) is 8.03. The second kappa shape index (κ2) is 6.32. The molecule has 8 nitrogen and oxygen atoms in total. The first-order chi connectivity index (χ1) is 12.6. The lowest BCUT2D eigenvalue weighted by molar-refractivity contribution is 0.222. The third kappa shape index (κ3) is 2.88. The summed E-state index contributed by atoms with van der Waals surface area (Å²) in [6.45, 7) is 1.82. The third-order valence-corrected chi connectivity index (χ3v) is 3.97. The highest BCUT2D eigenvalue weighted by atomic mass is 16.5. The van der Waals surface area contributed by atoms with Crippen LogP contribution in [0.1, 0.15) is 18.7 Å². The van der Waals surface area contributed by atoms with Gasteiger partial charge < -0.3 is 15.5 Å². The Morgan fingerprint density at radius 1 is 1.19 bits per heavy atom. The van der Waals surface area contributed by atoms with Crippen molar-refractivity contribution in [3.63, 3.8) is 0 Å². The number of nitrogens with one attached hydrogen (secondary N) is 1. The molecule has 0 aliphatic heterocycles. The van der Waals surface area contributed by atoms with Gasteiger partial charge in [-0.1, -0.05) is 0 Å². The molecule has 0 unspecified atom stereocenters. The lowest BCUT2D eigenvalue weighted by atomic mass is 10.2. The fraction of sp³-hybridized carbons (Fsp3) is 0.111. The molecule has 0 saturated carbocycles. The number of nitrogens with zero attached hydrogens (tertiary/aromatic N) is 4. The van der Waals surface area contributed by atoms with Gasteiger partial charge in [-0.15, -0.1) is 0 Å². The van der Waals surface area contributed by atoms with E-state index < -0.39 is 6.10 Å². The number of nitrogen functional groups attached to an aromatic ring is 1. The molecule has 130 valence electrons. The maximum absolute atomic E-state index is 11.8. The Bertz CT molecular complexity index is 1120. The van der Waals surface area contributed by atoms with Gasteiger partial charge in [-0.2, -0.15) is 5.10 Å². The Morgan fingerprint density at radius 3 is 2.88 bits per heavy atom. The molecule has 0 bridgehead atoms. The van der Waals surface area contributed by atoms with Gasteiger partial charge in [-0.3, -0.25) is 9.78 Å². The van der Waals surface area contributed by atoms with Crippen molar-refractivity contribution in [3.8, 4) is 11.4 Å². The number of nitrogens with two attached hydrogens (primary N) is 1. The van der Waals surface area contributed by atoms with E-state index in [1.165, 1.54) is 6.07 Å². The molecule has 4 aromatic heterocycles. The van der Waals surface area contributed by atoms with Crippen LogP contribution >= 0.6 is 0 Å². The monoisotopic (exact) mass is 348 g/mol. The maximum Gasteiger partial charge on any atom is 0.248 e. The number of H-pyrrole nitrogens is 1. The van der Waals surface area contributed by atoms with Gasteiger partial charge in [0.05, 0.1) is 22.4 Å². The highest BCUT2D eigenvalue weighted by Gasteiger charge is 2.17. The molecule has 3 N–H and O–H groups in total. The van der Waals surface area contributed by atoms with E-state index in [0.717, 1.165) is 0 Å². The molecule has 0 aliphatic carbocycles. The smallest absolute Gasteiger partial charge is 0.248 e. The molecule has 4 rings (SSSR count). The van der Waals surface area contributed by atoms with E-state index in [0.29, 0.717) is 28.2 Å². The molecule has 0 aliphatic rings. The van der Waals surface area contributed by atoms with Gasteiger partial charge in [0, 0.05) is 30.7 Å². The number of pyridine rings is 3. The number of fused-ring (bicyclic) bond motifs is 1. The van der Waals surface area contributed by atoms with Crippen molar-refractivity contribution >= 4 is 16.9 Å². The van der Waals surface area contributed by atoms with Gasteiger partial charge in [-0.05, 0) is 31.2 Å². The molecule has 0 amide bonds. The summed E-state index contributed by atoms with van der Waals surface area (Å²) in [5.74, 6) is 0.663. The van der Waals surface area contributed by atoms with Gasteiger partial charge in [0.1, 0.15) is 6.10 Å². The number of aromatic amines is 1. The largest absolute Gasteiger partial charge is 0.480 e. The second-order valence-corrected chi connectivity index (χ2v) is 5.75. The van der Waals surface area contributed by atoms with Gasteiger partial charge >= 0.3 is 0 Å². The fourth-order valence-corrected chi connectivity index (χ4v) is 2.75. The zero-order valence-corrected chi connectivity index (χ0v) is 14.0. The quantitative estimate of drug-likeness (QED) is 0.585. The van der Waals surface area contributed by atoms with Crippen molar-refractivity contribution in [1.82, 2.24) is 24.7 Å². The summed E-state index contributed by atoms with van der Waals surface area (Å²) < 4.78 is 7.66. The zero-order chi connectivity index (χ0) is 18.1. The van der Waals surface area contributed by atoms with Crippen LogP contribution in [0.15, 0.2) is 59.8 Å². The molecular formula is C18H16N6O2. The Morgan fingerprint density at radius 2 is 2.08 bits per heavy atom. The molecule has 0 fully saturated rings. The molecular weight excluding hydrogens is 332 g/mol. The molecule has 0 aromatic carbocycles. The molecule has 0 radical (unpaired) electrons. The van der Waals surface area contributed by atoms with Crippen LogP contribution in [0.25, 0.3) is 16.7 Å². The lowest BCUT2D eigenvalue weighted by Crippen LogP contribution is -2.17. The summed E-state index contributed by atoms with van der Waals surface area (Å²) in [6.07, 6.45) is 4.64. The number of anilines is 1. The standard InChI is InChI=1S/C18H16N6O2/c1-11(17-14(5-6-16(25)23-17)24-9-3-8-21-24)26-15-10-13-12(22-18(15)19)4-2-7-20-13/h2-11H,1H3,(H2,19,22)(H,23,25)/t11-/m0/s1. The summed E-state index contributed by atoms with van der Waals surface area (Å²) in [7, 11) is 0. The second-order valence-electron chi connectivity index (χ2n) is 5.75. The van der Waals surface area contributed by atoms with E-state index in [1.807, 2.05) is 13.0 Å². The molecule has 1 atom stereocenters. The van der Waals surface area contributed by atoms with Crippen LogP contribution in [0.3, 0.4) is 0 Å². The average molecular weight is 348 g/mol. The van der Waals surface area contributed by atoms with E-state index in [2.05, 4.69) is 20.1 Å². The minimum absolute atomic E-state index is 0.224. The minimum Gasteiger partial charge on any atom is -0.480 e. The van der Waals surface area contributed by atoms with Crippen molar-refractivity contribution in [2.45, 2.75) is 13.0 Å². The molecule has 26 heavy (non-hydrogen) atoms. The van der Waals surface area contributed by atoms with Crippen LogP contribution in [-0.4, -0.2) is 24.7 Å². The summed E-state index contributed by atoms with van der Waals surface area (Å²) in [5.41, 5.74) is 8.47. The minimum atomic E-state index is -0.492. The first-order valence-corrected chi connectivity index (χ1v) is 8.03. The highest BCUT2D eigenvalue weighted by molar-refractivity contribution is 5.78. The Labute approximate surface area is 148 Å². The number of rotatable bonds is 4. The van der Waals surface area contributed by atoms with Crippen LogP contribution in [0.5, 0.6) is 5.75 Å². The van der Waals surface area contributed by atoms with Crippen molar-refractivity contribution in [2.75, 3.05) is 5.73 Å². The van der Waals surface area contributed by atoms with Crippen molar-refractivity contribution in [2.24, 2.45) is 0 Å². The summed E-state index contributed by atoms with van der Waals surface area (Å²) >= 11 is 0.